The standard InChI is InChI=1S/C19H22N4O2S/c1-15-6-9-26-19(15)11-22-7-8-24-18(10-22)12-25-17-4-2-16(3-5-17)23-14-20-13-21-23/h2-6,9,13-14,18H,7-8,10-12H2,1H3. The normalized spacial score (nSPS) is 18.1. The summed E-state index contributed by atoms with van der Waals surface area (Å²) in [7, 11) is 0. The minimum Gasteiger partial charge on any atom is -0.491 e. The fourth-order valence-corrected chi connectivity index (χ4v) is 3.97. The zero-order chi connectivity index (χ0) is 17.8. The Bertz CT molecular complexity index is 816. The van der Waals surface area contributed by atoms with Crippen LogP contribution in [0.15, 0.2) is 48.4 Å². The summed E-state index contributed by atoms with van der Waals surface area (Å²) in [5.74, 6) is 0.837. The van der Waals surface area contributed by atoms with Crippen LogP contribution in [0, 0.1) is 6.92 Å². The molecular formula is C19H22N4O2S. The number of aryl methyl sites for hydroxylation is 1. The van der Waals surface area contributed by atoms with Gasteiger partial charge in [0.05, 0.1) is 12.3 Å². The smallest absolute Gasteiger partial charge is 0.138 e. The summed E-state index contributed by atoms with van der Waals surface area (Å²) in [6, 6.07) is 10.0. The highest BCUT2D eigenvalue weighted by molar-refractivity contribution is 7.10. The average molecular weight is 370 g/mol. The van der Waals surface area contributed by atoms with Gasteiger partial charge in [0.25, 0.3) is 0 Å². The molecule has 1 atom stereocenters. The van der Waals surface area contributed by atoms with Gasteiger partial charge in [0.2, 0.25) is 0 Å². The van der Waals surface area contributed by atoms with E-state index in [4.69, 9.17) is 9.47 Å². The van der Waals surface area contributed by atoms with Crippen LogP contribution in [0.25, 0.3) is 5.69 Å². The van der Waals surface area contributed by atoms with Crippen molar-refractivity contribution in [2.75, 3.05) is 26.3 Å². The largest absolute Gasteiger partial charge is 0.491 e. The predicted octanol–water partition coefficient (Wildman–Crippen LogP) is 2.92. The zero-order valence-electron chi connectivity index (χ0n) is 14.7. The van der Waals surface area contributed by atoms with Gasteiger partial charge in [0.15, 0.2) is 0 Å². The third-order valence-electron chi connectivity index (χ3n) is 4.51. The van der Waals surface area contributed by atoms with Crippen LogP contribution in [-0.2, 0) is 11.3 Å². The Morgan fingerprint density at radius 3 is 2.88 bits per heavy atom. The lowest BCUT2D eigenvalue weighted by atomic mass is 10.2. The number of morpholine rings is 1. The zero-order valence-corrected chi connectivity index (χ0v) is 15.6. The van der Waals surface area contributed by atoms with E-state index >= 15 is 0 Å². The quantitative estimate of drug-likeness (QED) is 0.668. The highest BCUT2D eigenvalue weighted by atomic mass is 32.1. The Kier molecular flexibility index (Phi) is 5.29. The van der Waals surface area contributed by atoms with E-state index in [1.165, 1.54) is 16.8 Å². The van der Waals surface area contributed by atoms with E-state index < -0.39 is 0 Å². The lowest BCUT2D eigenvalue weighted by Crippen LogP contribution is -2.44. The van der Waals surface area contributed by atoms with E-state index in [1.54, 1.807) is 11.0 Å². The molecule has 1 unspecified atom stereocenters. The van der Waals surface area contributed by atoms with Crippen molar-refractivity contribution in [3.63, 3.8) is 0 Å². The van der Waals surface area contributed by atoms with Gasteiger partial charge in [-0.2, -0.15) is 5.10 Å². The third-order valence-corrected chi connectivity index (χ3v) is 5.52. The molecule has 1 fully saturated rings. The molecule has 0 spiro atoms. The number of hydrogen-bond donors (Lipinski definition) is 0. The maximum Gasteiger partial charge on any atom is 0.138 e. The van der Waals surface area contributed by atoms with Crippen molar-refractivity contribution >= 4 is 11.3 Å². The van der Waals surface area contributed by atoms with Crippen LogP contribution in [0.4, 0.5) is 0 Å². The summed E-state index contributed by atoms with van der Waals surface area (Å²) in [4.78, 5) is 7.85. The molecule has 26 heavy (non-hydrogen) atoms. The minimum absolute atomic E-state index is 0.0963. The van der Waals surface area contributed by atoms with Gasteiger partial charge in [-0.05, 0) is 48.2 Å². The predicted molar refractivity (Wildman–Crippen MR) is 101 cm³/mol. The van der Waals surface area contributed by atoms with Gasteiger partial charge in [-0.3, -0.25) is 4.90 Å². The van der Waals surface area contributed by atoms with Crippen molar-refractivity contribution in [2.24, 2.45) is 0 Å². The second-order valence-electron chi connectivity index (χ2n) is 6.40. The summed E-state index contributed by atoms with van der Waals surface area (Å²) in [5, 5.41) is 6.28. The first-order chi connectivity index (χ1) is 12.8. The fraction of sp³-hybridized carbons (Fsp3) is 0.368. The van der Waals surface area contributed by atoms with Crippen molar-refractivity contribution in [2.45, 2.75) is 19.6 Å². The topological polar surface area (TPSA) is 52.4 Å². The van der Waals surface area contributed by atoms with E-state index in [9.17, 15) is 0 Å². The first-order valence-corrected chi connectivity index (χ1v) is 9.61. The Hall–Kier alpha value is -2.22. The molecule has 0 amide bonds. The van der Waals surface area contributed by atoms with Gasteiger partial charge >= 0.3 is 0 Å². The maximum atomic E-state index is 5.93. The summed E-state index contributed by atoms with van der Waals surface area (Å²) in [6.07, 6.45) is 3.29. The molecule has 6 nitrogen and oxygen atoms in total. The molecule has 0 radical (unpaired) electrons. The summed E-state index contributed by atoms with van der Waals surface area (Å²) in [6.45, 7) is 6.35. The average Bonchev–Trinajstić information content (AvgIpc) is 3.34. The molecule has 1 aromatic carbocycles. The second-order valence-corrected chi connectivity index (χ2v) is 7.40. The lowest BCUT2D eigenvalue weighted by Gasteiger charge is -2.32. The van der Waals surface area contributed by atoms with Crippen LogP contribution in [0.3, 0.4) is 0 Å². The molecule has 136 valence electrons. The van der Waals surface area contributed by atoms with Crippen LogP contribution in [0.5, 0.6) is 5.75 Å². The first-order valence-electron chi connectivity index (χ1n) is 8.73. The van der Waals surface area contributed by atoms with Crippen molar-refractivity contribution < 1.29 is 9.47 Å². The van der Waals surface area contributed by atoms with E-state index in [0.717, 1.165) is 37.7 Å². The molecule has 3 aromatic rings. The summed E-state index contributed by atoms with van der Waals surface area (Å²) in [5.41, 5.74) is 2.34. The van der Waals surface area contributed by atoms with Crippen LogP contribution < -0.4 is 4.74 Å². The molecule has 1 aliphatic heterocycles. The van der Waals surface area contributed by atoms with Gasteiger partial charge in [0.1, 0.15) is 31.1 Å². The maximum absolute atomic E-state index is 5.93. The van der Waals surface area contributed by atoms with Crippen molar-refractivity contribution in [3.05, 3.63) is 58.8 Å². The van der Waals surface area contributed by atoms with Crippen LogP contribution in [0.2, 0.25) is 0 Å². The van der Waals surface area contributed by atoms with Crippen LogP contribution in [-0.4, -0.2) is 52.1 Å². The molecule has 0 bridgehead atoms. The Balaban J connectivity index is 1.29. The van der Waals surface area contributed by atoms with E-state index in [0.29, 0.717) is 6.61 Å². The Morgan fingerprint density at radius 2 is 2.15 bits per heavy atom. The van der Waals surface area contributed by atoms with E-state index in [-0.39, 0.29) is 6.10 Å². The minimum atomic E-state index is 0.0963. The number of benzene rings is 1. The van der Waals surface area contributed by atoms with Gasteiger partial charge in [-0.25, -0.2) is 9.67 Å². The lowest BCUT2D eigenvalue weighted by molar-refractivity contribution is -0.0502. The van der Waals surface area contributed by atoms with Crippen LogP contribution in [0.1, 0.15) is 10.4 Å². The Labute approximate surface area is 157 Å². The van der Waals surface area contributed by atoms with Crippen molar-refractivity contribution in [1.82, 2.24) is 19.7 Å². The first kappa shape index (κ1) is 17.2. The second kappa shape index (κ2) is 7.99. The number of rotatable bonds is 6. The van der Waals surface area contributed by atoms with Gasteiger partial charge in [-0.1, -0.05) is 0 Å². The fourth-order valence-electron chi connectivity index (χ4n) is 3.02. The highest BCUT2D eigenvalue weighted by Crippen LogP contribution is 2.20. The van der Waals surface area contributed by atoms with Gasteiger partial charge in [-0.15, -0.1) is 11.3 Å². The summed E-state index contributed by atoms with van der Waals surface area (Å²) >= 11 is 1.83. The number of nitrogens with zero attached hydrogens (tertiary/aromatic N) is 4. The molecule has 0 saturated carbocycles. The molecule has 4 rings (SSSR count). The molecule has 0 N–H and O–H groups in total. The van der Waals surface area contributed by atoms with Crippen LogP contribution >= 0.6 is 11.3 Å². The number of hydrogen-bond acceptors (Lipinski definition) is 6. The van der Waals surface area contributed by atoms with Crippen molar-refractivity contribution in [1.29, 1.82) is 0 Å². The summed E-state index contributed by atoms with van der Waals surface area (Å²) < 4.78 is 13.5. The Morgan fingerprint density at radius 1 is 1.27 bits per heavy atom. The van der Waals surface area contributed by atoms with Gasteiger partial charge in [0, 0.05) is 24.5 Å². The van der Waals surface area contributed by atoms with Crippen molar-refractivity contribution in [3.8, 4) is 11.4 Å². The SMILES string of the molecule is Cc1ccsc1CN1CCOC(COc2ccc(-n3cncn3)cc2)C1. The number of thiophene rings is 1. The van der Waals surface area contributed by atoms with E-state index in [1.807, 2.05) is 35.6 Å². The molecular weight excluding hydrogens is 348 g/mol. The molecule has 3 heterocycles. The molecule has 2 aromatic heterocycles. The number of aromatic nitrogens is 3. The number of ether oxygens (including phenoxy) is 2. The molecule has 7 heteroatoms. The molecule has 1 saturated heterocycles. The third kappa shape index (κ3) is 4.12. The highest BCUT2D eigenvalue weighted by Gasteiger charge is 2.22. The van der Waals surface area contributed by atoms with Gasteiger partial charge < -0.3 is 9.47 Å². The van der Waals surface area contributed by atoms with E-state index in [2.05, 4.69) is 33.4 Å². The monoisotopic (exact) mass is 370 g/mol. The molecule has 0 aliphatic carbocycles. The molecule has 1 aliphatic rings.